The molecule has 8 N–H and O–H groups in total. The van der Waals surface area contributed by atoms with E-state index in [0.29, 0.717) is 5.56 Å². The highest BCUT2D eigenvalue weighted by Crippen LogP contribution is 2.42. The van der Waals surface area contributed by atoms with Gasteiger partial charge in [-0.2, -0.15) is 0 Å². The summed E-state index contributed by atoms with van der Waals surface area (Å²) in [5.41, 5.74) is 0.551. The normalized spacial score (nSPS) is 36.0. The summed E-state index contributed by atoms with van der Waals surface area (Å²) in [6.45, 7) is -0.791. The predicted molar refractivity (Wildman–Crippen MR) is 130 cm³/mol. The molecule has 5 rings (SSSR count). The van der Waals surface area contributed by atoms with Crippen molar-refractivity contribution in [2.45, 2.75) is 67.8 Å². The Morgan fingerprint density at radius 2 is 1.55 bits per heavy atom. The van der Waals surface area contributed by atoms with Crippen LogP contribution in [-0.4, -0.2) is 115 Å². The van der Waals surface area contributed by atoms with Crippen LogP contribution >= 0.6 is 0 Å². The lowest BCUT2D eigenvalue weighted by Crippen LogP contribution is -2.61. The number of carbonyl (C=O) groups excluding carboxylic acids is 1. The molecular formula is C26H30O14. The fraction of sp³-hybridized carbons (Fsp3) is 0.500. The van der Waals surface area contributed by atoms with Gasteiger partial charge in [0.2, 0.25) is 6.29 Å². The average Bonchev–Trinajstić information content (AvgIpc) is 2.92. The van der Waals surface area contributed by atoms with Gasteiger partial charge in [-0.3, -0.25) is 4.79 Å². The third-order valence-corrected chi connectivity index (χ3v) is 7.04. The minimum Gasteiger partial charge on any atom is -0.508 e. The number of hydrogen-bond donors (Lipinski definition) is 8. The molecule has 2 saturated heterocycles. The monoisotopic (exact) mass is 566 g/mol. The molecule has 14 heteroatoms. The number of benzene rings is 2. The average molecular weight is 567 g/mol. The second-order valence-electron chi connectivity index (χ2n) is 9.86. The summed E-state index contributed by atoms with van der Waals surface area (Å²) in [5.74, 6) is -0.889. The molecule has 0 spiro atoms. The number of ketones is 1. The van der Waals surface area contributed by atoms with Gasteiger partial charge in [0, 0.05) is 12.1 Å². The first-order chi connectivity index (χ1) is 19.0. The number of aromatic hydroxyl groups is 2. The van der Waals surface area contributed by atoms with Gasteiger partial charge in [-0.25, -0.2) is 0 Å². The third kappa shape index (κ3) is 5.58. The summed E-state index contributed by atoms with van der Waals surface area (Å²) in [7, 11) is 0. The van der Waals surface area contributed by atoms with E-state index in [9.17, 15) is 45.6 Å². The van der Waals surface area contributed by atoms with Crippen molar-refractivity contribution in [2.75, 3.05) is 13.2 Å². The van der Waals surface area contributed by atoms with Gasteiger partial charge in [0.05, 0.1) is 19.6 Å². The van der Waals surface area contributed by atoms with Crippen LogP contribution in [0, 0.1) is 0 Å². The number of phenolic OH excluding ortho intramolecular Hbond substituents is 2. The Kier molecular flexibility index (Phi) is 8.15. The van der Waals surface area contributed by atoms with Crippen molar-refractivity contribution in [2.24, 2.45) is 0 Å². The third-order valence-electron chi connectivity index (χ3n) is 7.04. The molecule has 14 nitrogen and oxygen atoms in total. The van der Waals surface area contributed by atoms with Gasteiger partial charge >= 0.3 is 0 Å². The van der Waals surface area contributed by atoms with Crippen molar-refractivity contribution >= 4 is 5.78 Å². The van der Waals surface area contributed by atoms with Crippen LogP contribution in [0.15, 0.2) is 36.4 Å². The number of rotatable bonds is 6. The summed E-state index contributed by atoms with van der Waals surface area (Å²) in [6.07, 6.45) is -14.6. The minimum absolute atomic E-state index is 0.000675. The quantitative estimate of drug-likeness (QED) is 0.198. The van der Waals surface area contributed by atoms with Crippen LogP contribution in [0.25, 0.3) is 0 Å². The zero-order valence-corrected chi connectivity index (χ0v) is 20.9. The number of hydrogen-bond acceptors (Lipinski definition) is 14. The molecule has 2 fully saturated rings. The molecule has 2 aromatic rings. The van der Waals surface area contributed by atoms with Crippen LogP contribution in [0.3, 0.4) is 0 Å². The van der Waals surface area contributed by atoms with Gasteiger partial charge in [-0.05, 0) is 17.7 Å². The second kappa shape index (κ2) is 11.4. The highest BCUT2D eigenvalue weighted by molar-refractivity contribution is 6.02. The van der Waals surface area contributed by atoms with E-state index in [2.05, 4.69) is 0 Å². The number of fused-ring (bicyclic) bond motifs is 1. The van der Waals surface area contributed by atoms with Gasteiger partial charge in [0.15, 0.2) is 12.1 Å². The molecule has 10 atom stereocenters. The van der Waals surface area contributed by atoms with E-state index in [1.807, 2.05) is 0 Å². The van der Waals surface area contributed by atoms with E-state index in [-0.39, 0.29) is 35.8 Å². The van der Waals surface area contributed by atoms with Crippen molar-refractivity contribution < 1.29 is 69.3 Å². The maximum absolute atomic E-state index is 12.8. The number of ether oxygens (including phenoxy) is 5. The van der Waals surface area contributed by atoms with E-state index in [0.717, 1.165) is 6.07 Å². The summed E-state index contributed by atoms with van der Waals surface area (Å²) < 4.78 is 27.7. The van der Waals surface area contributed by atoms with Crippen LogP contribution in [0.2, 0.25) is 0 Å². The van der Waals surface area contributed by atoms with Gasteiger partial charge in [-0.1, -0.05) is 12.1 Å². The van der Waals surface area contributed by atoms with Crippen molar-refractivity contribution in [1.82, 2.24) is 0 Å². The lowest BCUT2D eigenvalue weighted by molar-refractivity contribution is -0.307. The van der Waals surface area contributed by atoms with Crippen molar-refractivity contribution in [3.05, 3.63) is 47.5 Å². The van der Waals surface area contributed by atoms with Crippen LogP contribution in [0.5, 0.6) is 23.0 Å². The smallest absolute Gasteiger partial charge is 0.229 e. The van der Waals surface area contributed by atoms with Crippen molar-refractivity contribution in [1.29, 1.82) is 0 Å². The first-order valence-electron chi connectivity index (χ1n) is 12.5. The maximum atomic E-state index is 12.8. The topological polar surface area (TPSA) is 225 Å². The molecule has 10 unspecified atom stereocenters. The Morgan fingerprint density at radius 3 is 2.27 bits per heavy atom. The highest BCUT2D eigenvalue weighted by Gasteiger charge is 2.46. The molecule has 0 saturated carbocycles. The van der Waals surface area contributed by atoms with Gasteiger partial charge in [0.25, 0.3) is 0 Å². The predicted octanol–water partition coefficient (Wildman–Crippen LogP) is -1.55. The fourth-order valence-electron chi connectivity index (χ4n) is 4.76. The molecule has 0 aliphatic carbocycles. The molecular weight excluding hydrogens is 536 g/mol. The largest absolute Gasteiger partial charge is 0.508 e. The lowest BCUT2D eigenvalue weighted by Gasteiger charge is -2.41. The lowest BCUT2D eigenvalue weighted by atomic mass is 9.95. The van der Waals surface area contributed by atoms with E-state index >= 15 is 0 Å². The first-order valence-corrected chi connectivity index (χ1v) is 12.5. The molecule has 3 aliphatic rings. The van der Waals surface area contributed by atoms with Crippen molar-refractivity contribution in [3.63, 3.8) is 0 Å². The van der Waals surface area contributed by atoms with Crippen molar-refractivity contribution in [3.8, 4) is 23.0 Å². The van der Waals surface area contributed by atoms with Crippen LogP contribution in [-0.2, 0) is 14.2 Å². The number of aliphatic hydroxyl groups excluding tert-OH is 6. The van der Waals surface area contributed by atoms with Gasteiger partial charge in [0.1, 0.15) is 77.4 Å². The Labute approximate surface area is 227 Å². The molecule has 0 radical (unpaired) electrons. The SMILES string of the molecule is O=C1CC(c2ccc(O)cc2)Oc2cc(OC3OC(COC4OCC(O)C(O)C4O)C(O)C(O)C3O)cc(O)c21. The number of aliphatic hydroxyl groups is 6. The van der Waals surface area contributed by atoms with E-state index < -0.39 is 79.6 Å². The Bertz CT molecular complexity index is 1200. The van der Waals surface area contributed by atoms with Crippen LogP contribution in [0.4, 0.5) is 0 Å². The molecule has 40 heavy (non-hydrogen) atoms. The first kappa shape index (κ1) is 28.5. The molecule has 2 aromatic carbocycles. The number of phenols is 2. The zero-order valence-electron chi connectivity index (χ0n) is 20.9. The Hall–Kier alpha value is -3.05. The van der Waals surface area contributed by atoms with E-state index in [1.165, 1.54) is 18.2 Å². The highest BCUT2D eigenvalue weighted by atomic mass is 16.7. The maximum Gasteiger partial charge on any atom is 0.229 e. The standard InChI is InChI=1S/C26H30O14/c27-11-3-1-10(2-4-11)16-7-14(29)19-13(28)5-12(6-17(19)39-16)38-26-24(35)22(33)21(32)18(40-26)9-37-25-23(34)20(31)15(30)8-36-25/h1-6,15-16,18,20-28,30-35H,7-9H2. The number of Topliss-reactive ketones (excluding diaryl/α,β-unsaturated/α-hetero) is 1. The van der Waals surface area contributed by atoms with Crippen LogP contribution in [0.1, 0.15) is 28.4 Å². The van der Waals surface area contributed by atoms with E-state index in [4.69, 9.17) is 23.7 Å². The molecule has 0 aromatic heterocycles. The molecule has 0 amide bonds. The molecule has 0 bridgehead atoms. The summed E-state index contributed by atoms with van der Waals surface area (Å²) in [5, 5.41) is 80.7. The zero-order chi connectivity index (χ0) is 28.7. The molecule has 3 aliphatic heterocycles. The summed E-state index contributed by atoms with van der Waals surface area (Å²) in [4.78, 5) is 12.8. The molecule has 3 heterocycles. The van der Waals surface area contributed by atoms with E-state index in [1.54, 1.807) is 12.1 Å². The minimum atomic E-state index is -1.75. The summed E-state index contributed by atoms with van der Waals surface area (Å²) in [6, 6.07) is 8.50. The Balaban J connectivity index is 1.29. The van der Waals surface area contributed by atoms with Gasteiger partial charge < -0.3 is 64.5 Å². The Morgan fingerprint density at radius 1 is 0.850 bits per heavy atom. The van der Waals surface area contributed by atoms with Gasteiger partial charge in [-0.15, -0.1) is 0 Å². The fourth-order valence-corrected chi connectivity index (χ4v) is 4.76. The second-order valence-corrected chi connectivity index (χ2v) is 9.86. The summed E-state index contributed by atoms with van der Waals surface area (Å²) >= 11 is 0. The number of carbonyl (C=O) groups is 1. The van der Waals surface area contributed by atoms with Crippen LogP contribution < -0.4 is 9.47 Å². The molecule has 218 valence electrons.